The fourth-order valence-corrected chi connectivity index (χ4v) is 2.60. The monoisotopic (exact) mass is 310 g/mol. The van der Waals surface area contributed by atoms with Crippen LogP contribution in [0.25, 0.3) is 11.1 Å². The van der Waals surface area contributed by atoms with Crippen molar-refractivity contribution in [2.45, 2.75) is 4.90 Å². The first-order chi connectivity index (χ1) is 9.43. The molecule has 2 aromatic rings. The van der Waals surface area contributed by atoms with Crippen molar-refractivity contribution < 1.29 is 17.9 Å². The van der Waals surface area contributed by atoms with Gasteiger partial charge in [0.15, 0.2) is 0 Å². The predicted octanol–water partition coefficient (Wildman–Crippen LogP) is 3.07. The third-order valence-electron chi connectivity index (χ3n) is 2.76. The van der Waals surface area contributed by atoms with E-state index in [0.717, 1.165) is 0 Å². The van der Waals surface area contributed by atoms with Crippen LogP contribution in [0.4, 0.5) is 0 Å². The molecule has 0 radical (unpaired) electrons. The van der Waals surface area contributed by atoms with Crippen LogP contribution in [0.2, 0.25) is 0 Å². The lowest BCUT2D eigenvalue weighted by atomic mass is 10.00. The molecule has 0 atom stereocenters. The molecule has 0 bridgehead atoms. The molecule has 0 N–H and O–H groups in total. The Labute approximate surface area is 121 Å². The zero-order valence-electron chi connectivity index (χ0n) is 10.5. The minimum absolute atomic E-state index is 0.0642. The van der Waals surface area contributed by atoms with E-state index in [2.05, 4.69) is 0 Å². The summed E-state index contributed by atoms with van der Waals surface area (Å²) in [5, 5.41) is 0. The molecular weight excluding hydrogens is 300 g/mol. The lowest BCUT2D eigenvalue weighted by molar-refractivity contribution is 0.0601. The van der Waals surface area contributed by atoms with Gasteiger partial charge in [0.25, 0.3) is 9.05 Å². The lowest BCUT2D eigenvalue weighted by Crippen LogP contribution is -2.05. The average molecular weight is 311 g/mol. The smallest absolute Gasteiger partial charge is 0.338 e. The number of halogens is 1. The Hall–Kier alpha value is -1.85. The van der Waals surface area contributed by atoms with Gasteiger partial charge in [-0.3, -0.25) is 0 Å². The zero-order valence-corrected chi connectivity index (χ0v) is 12.1. The highest BCUT2D eigenvalue weighted by atomic mass is 35.7. The number of esters is 1. The highest BCUT2D eigenvalue weighted by Gasteiger charge is 2.18. The van der Waals surface area contributed by atoms with Gasteiger partial charge in [-0.15, -0.1) is 0 Å². The van der Waals surface area contributed by atoms with Gasteiger partial charge in [-0.1, -0.05) is 30.3 Å². The van der Waals surface area contributed by atoms with Crippen molar-refractivity contribution in [3.05, 3.63) is 54.1 Å². The van der Waals surface area contributed by atoms with E-state index in [0.29, 0.717) is 11.1 Å². The molecule has 2 rings (SSSR count). The average Bonchev–Trinajstić information content (AvgIpc) is 2.46. The third kappa shape index (κ3) is 3.00. The van der Waals surface area contributed by atoms with Gasteiger partial charge in [-0.05, 0) is 29.3 Å². The van der Waals surface area contributed by atoms with Gasteiger partial charge in [0.05, 0.1) is 17.6 Å². The Morgan fingerprint density at radius 1 is 1.10 bits per heavy atom. The molecule has 0 unspecified atom stereocenters. The number of benzene rings is 2. The first-order valence-corrected chi connectivity index (χ1v) is 7.97. The maximum absolute atomic E-state index is 11.8. The molecule has 0 heterocycles. The van der Waals surface area contributed by atoms with Crippen molar-refractivity contribution in [3.63, 3.8) is 0 Å². The van der Waals surface area contributed by atoms with Gasteiger partial charge in [0.2, 0.25) is 0 Å². The summed E-state index contributed by atoms with van der Waals surface area (Å²) in [4.78, 5) is 11.7. The number of ether oxygens (including phenoxy) is 1. The number of hydrogen-bond donors (Lipinski definition) is 0. The van der Waals surface area contributed by atoms with Crippen LogP contribution < -0.4 is 0 Å². The molecule has 104 valence electrons. The normalized spacial score (nSPS) is 11.1. The summed E-state index contributed by atoms with van der Waals surface area (Å²) < 4.78 is 27.5. The first-order valence-electron chi connectivity index (χ1n) is 5.66. The summed E-state index contributed by atoms with van der Waals surface area (Å²) >= 11 is 0. The molecule has 2 aromatic carbocycles. The Morgan fingerprint density at radius 2 is 1.75 bits per heavy atom. The number of methoxy groups -OCH3 is 1. The van der Waals surface area contributed by atoms with Gasteiger partial charge in [0.1, 0.15) is 0 Å². The quantitative estimate of drug-likeness (QED) is 0.645. The van der Waals surface area contributed by atoms with Crippen LogP contribution in [-0.2, 0) is 13.8 Å². The van der Waals surface area contributed by atoms with Crippen molar-refractivity contribution in [2.24, 2.45) is 0 Å². The Balaban J connectivity index is 2.70. The summed E-state index contributed by atoms with van der Waals surface area (Å²) in [6.45, 7) is 0. The van der Waals surface area contributed by atoms with Crippen LogP contribution in [-0.4, -0.2) is 21.5 Å². The minimum Gasteiger partial charge on any atom is -0.465 e. The fraction of sp³-hybridized carbons (Fsp3) is 0.0714. The molecule has 0 amide bonds. The van der Waals surface area contributed by atoms with Crippen molar-refractivity contribution >= 4 is 25.7 Å². The fourth-order valence-electron chi connectivity index (χ4n) is 1.82. The molecule has 20 heavy (non-hydrogen) atoms. The summed E-state index contributed by atoms with van der Waals surface area (Å²) in [5.41, 5.74) is 1.44. The Kier molecular flexibility index (Phi) is 4.11. The second-order valence-corrected chi connectivity index (χ2v) is 6.57. The topological polar surface area (TPSA) is 60.4 Å². The van der Waals surface area contributed by atoms with Gasteiger partial charge in [-0.25, -0.2) is 13.2 Å². The van der Waals surface area contributed by atoms with E-state index in [1.165, 1.54) is 25.3 Å². The predicted molar refractivity (Wildman–Crippen MR) is 76.3 cm³/mol. The molecule has 6 heteroatoms. The summed E-state index contributed by atoms with van der Waals surface area (Å²) in [6.07, 6.45) is 0. The molecule has 0 saturated heterocycles. The second kappa shape index (κ2) is 5.64. The third-order valence-corrected chi connectivity index (χ3v) is 4.11. The maximum Gasteiger partial charge on any atom is 0.338 e. The van der Waals surface area contributed by atoms with Crippen molar-refractivity contribution in [1.82, 2.24) is 0 Å². The lowest BCUT2D eigenvalue weighted by Gasteiger charge is -2.09. The SMILES string of the molecule is COC(=O)c1ccc(S(=O)(=O)Cl)cc1-c1ccccc1. The molecule has 0 fully saturated rings. The van der Waals surface area contributed by atoms with Gasteiger partial charge < -0.3 is 4.74 Å². The van der Waals surface area contributed by atoms with E-state index in [4.69, 9.17) is 15.4 Å². The standard InChI is InChI=1S/C14H11ClO4S/c1-19-14(16)12-8-7-11(20(15,17)18)9-13(12)10-5-3-2-4-6-10/h2-9H,1H3. The summed E-state index contributed by atoms with van der Waals surface area (Å²) in [7, 11) is 2.74. The largest absolute Gasteiger partial charge is 0.465 e. The van der Waals surface area contributed by atoms with E-state index in [1.54, 1.807) is 24.3 Å². The Morgan fingerprint density at radius 3 is 2.30 bits per heavy atom. The molecule has 0 saturated carbocycles. The number of carbonyl (C=O) groups is 1. The van der Waals surface area contributed by atoms with Crippen LogP contribution in [0.15, 0.2) is 53.4 Å². The van der Waals surface area contributed by atoms with E-state index in [-0.39, 0.29) is 10.5 Å². The zero-order chi connectivity index (χ0) is 14.8. The van der Waals surface area contributed by atoms with Gasteiger partial charge >= 0.3 is 5.97 Å². The van der Waals surface area contributed by atoms with Crippen molar-refractivity contribution in [2.75, 3.05) is 7.11 Å². The molecule has 0 spiro atoms. The van der Waals surface area contributed by atoms with E-state index in [1.807, 2.05) is 6.07 Å². The van der Waals surface area contributed by atoms with Crippen LogP contribution in [0.1, 0.15) is 10.4 Å². The number of hydrogen-bond acceptors (Lipinski definition) is 4. The second-order valence-electron chi connectivity index (χ2n) is 4.00. The molecular formula is C14H11ClO4S. The van der Waals surface area contributed by atoms with Gasteiger partial charge in [0, 0.05) is 10.7 Å². The molecule has 0 aliphatic heterocycles. The highest BCUT2D eigenvalue weighted by Crippen LogP contribution is 2.28. The first kappa shape index (κ1) is 14.6. The van der Waals surface area contributed by atoms with Crippen molar-refractivity contribution in [3.8, 4) is 11.1 Å². The molecule has 0 aromatic heterocycles. The van der Waals surface area contributed by atoms with E-state index in [9.17, 15) is 13.2 Å². The van der Waals surface area contributed by atoms with E-state index >= 15 is 0 Å². The van der Waals surface area contributed by atoms with E-state index < -0.39 is 15.0 Å². The minimum atomic E-state index is -3.86. The van der Waals surface area contributed by atoms with Crippen LogP contribution in [0.3, 0.4) is 0 Å². The molecule has 0 aliphatic carbocycles. The maximum atomic E-state index is 11.8. The molecule has 0 aliphatic rings. The number of rotatable bonds is 3. The van der Waals surface area contributed by atoms with Crippen LogP contribution in [0, 0.1) is 0 Å². The number of carbonyl (C=O) groups excluding carboxylic acids is 1. The van der Waals surface area contributed by atoms with Crippen LogP contribution in [0.5, 0.6) is 0 Å². The Bertz CT molecular complexity index is 739. The summed E-state index contributed by atoms with van der Waals surface area (Å²) in [5.74, 6) is -0.539. The molecule has 4 nitrogen and oxygen atoms in total. The van der Waals surface area contributed by atoms with Crippen molar-refractivity contribution in [1.29, 1.82) is 0 Å². The van der Waals surface area contributed by atoms with Crippen LogP contribution >= 0.6 is 10.7 Å². The van der Waals surface area contributed by atoms with Gasteiger partial charge in [-0.2, -0.15) is 0 Å². The highest BCUT2D eigenvalue weighted by molar-refractivity contribution is 8.13. The summed E-state index contributed by atoms with van der Waals surface area (Å²) in [6, 6.07) is 13.0.